The molecule has 1 aromatic carbocycles. The number of halogens is 2. The minimum atomic E-state index is -0.301. The normalized spacial score (nSPS) is 10.6. The first-order valence-corrected chi connectivity index (χ1v) is 9.62. The number of pyridine rings is 2. The van der Waals surface area contributed by atoms with Crippen LogP contribution in [-0.2, 0) is 4.79 Å². The summed E-state index contributed by atoms with van der Waals surface area (Å²) in [5, 5.41) is 2.95. The summed E-state index contributed by atoms with van der Waals surface area (Å²) in [4.78, 5) is 20.1. The fourth-order valence-corrected chi connectivity index (χ4v) is 3.67. The molecular formula is C20H18ClFN4OS. The van der Waals surface area contributed by atoms with Gasteiger partial charge in [0.1, 0.15) is 11.6 Å². The molecule has 0 atom stereocenters. The van der Waals surface area contributed by atoms with E-state index >= 15 is 0 Å². The number of hydrogen-bond acceptors (Lipinski definition) is 5. The predicted octanol–water partition coefficient (Wildman–Crippen LogP) is 5.63. The van der Waals surface area contributed by atoms with Crippen LogP contribution >= 0.6 is 23.5 Å². The molecular weight excluding hydrogens is 399 g/mol. The molecule has 2 N–H and O–H groups in total. The lowest BCUT2D eigenvalue weighted by Crippen LogP contribution is -2.07. The summed E-state index contributed by atoms with van der Waals surface area (Å²) in [6.45, 7) is 5.16. The van der Waals surface area contributed by atoms with Gasteiger partial charge in [-0.25, -0.2) is 14.4 Å². The average molecular weight is 417 g/mol. The van der Waals surface area contributed by atoms with Crippen LogP contribution in [0, 0.1) is 19.7 Å². The fourth-order valence-electron chi connectivity index (χ4n) is 2.62. The van der Waals surface area contributed by atoms with Gasteiger partial charge in [-0.2, -0.15) is 0 Å². The molecule has 0 saturated heterocycles. The van der Waals surface area contributed by atoms with Crippen LogP contribution in [0.25, 0.3) is 11.1 Å². The maximum Gasteiger partial charge on any atom is 0.222 e. The third-order valence-corrected chi connectivity index (χ3v) is 5.16. The Labute approximate surface area is 171 Å². The number of aromatic nitrogens is 2. The molecule has 3 aromatic rings. The third kappa shape index (κ3) is 4.61. The van der Waals surface area contributed by atoms with Gasteiger partial charge in [-0.3, -0.25) is 4.79 Å². The highest BCUT2D eigenvalue weighted by atomic mass is 35.5. The van der Waals surface area contributed by atoms with E-state index in [2.05, 4.69) is 20.0 Å². The Kier molecular flexibility index (Phi) is 6.16. The molecule has 0 aliphatic rings. The topological polar surface area (TPSA) is 66.9 Å². The van der Waals surface area contributed by atoms with Gasteiger partial charge in [-0.05, 0) is 66.8 Å². The molecule has 144 valence electrons. The van der Waals surface area contributed by atoms with Gasteiger partial charge in [0.25, 0.3) is 0 Å². The predicted molar refractivity (Wildman–Crippen MR) is 112 cm³/mol. The van der Waals surface area contributed by atoms with Crippen LogP contribution in [0.1, 0.15) is 18.1 Å². The van der Waals surface area contributed by atoms with E-state index in [1.807, 2.05) is 26.0 Å². The van der Waals surface area contributed by atoms with Gasteiger partial charge in [-0.15, -0.1) is 0 Å². The van der Waals surface area contributed by atoms with Crippen molar-refractivity contribution in [1.82, 2.24) is 9.97 Å². The molecule has 2 heterocycles. The first kappa shape index (κ1) is 20.1. The molecule has 0 saturated carbocycles. The van der Waals surface area contributed by atoms with Crippen LogP contribution in [0.3, 0.4) is 0 Å². The molecule has 28 heavy (non-hydrogen) atoms. The monoisotopic (exact) mass is 416 g/mol. The molecule has 0 aliphatic heterocycles. The zero-order valence-electron chi connectivity index (χ0n) is 15.5. The molecule has 8 heteroatoms. The van der Waals surface area contributed by atoms with Crippen LogP contribution in [0.2, 0.25) is 5.15 Å². The van der Waals surface area contributed by atoms with Crippen LogP contribution in [0.15, 0.2) is 47.6 Å². The first-order valence-electron chi connectivity index (χ1n) is 8.43. The number of hydrogen-bond donors (Lipinski definition) is 2. The van der Waals surface area contributed by atoms with Crippen LogP contribution in [0.4, 0.5) is 15.9 Å². The zero-order valence-corrected chi connectivity index (χ0v) is 17.1. The second-order valence-electron chi connectivity index (χ2n) is 6.21. The maximum atomic E-state index is 14.1. The Morgan fingerprint density at radius 1 is 1.18 bits per heavy atom. The summed E-state index contributed by atoms with van der Waals surface area (Å²) in [7, 11) is 0. The number of carbonyl (C=O) groups is 1. The van der Waals surface area contributed by atoms with E-state index in [1.54, 1.807) is 24.5 Å². The molecule has 0 unspecified atom stereocenters. The van der Waals surface area contributed by atoms with Gasteiger partial charge in [-0.1, -0.05) is 17.7 Å². The molecule has 0 fully saturated rings. The van der Waals surface area contributed by atoms with Crippen molar-refractivity contribution in [2.75, 3.05) is 10.0 Å². The van der Waals surface area contributed by atoms with E-state index in [0.29, 0.717) is 16.4 Å². The van der Waals surface area contributed by atoms with Crippen LogP contribution in [-0.4, -0.2) is 15.9 Å². The van der Waals surface area contributed by atoms with E-state index in [4.69, 9.17) is 11.6 Å². The Hall–Kier alpha value is -2.64. The minimum Gasteiger partial charge on any atom is -0.323 e. The molecule has 0 bridgehead atoms. The molecule has 0 spiro atoms. The number of benzene rings is 1. The summed E-state index contributed by atoms with van der Waals surface area (Å²) in [6, 6.07) is 8.62. The van der Waals surface area contributed by atoms with Gasteiger partial charge >= 0.3 is 0 Å². The molecule has 0 radical (unpaired) electrons. The smallest absolute Gasteiger partial charge is 0.222 e. The van der Waals surface area contributed by atoms with E-state index < -0.39 is 0 Å². The van der Waals surface area contributed by atoms with E-state index in [0.717, 1.165) is 34.2 Å². The maximum absolute atomic E-state index is 14.1. The summed E-state index contributed by atoms with van der Waals surface area (Å²) < 4.78 is 17.2. The van der Waals surface area contributed by atoms with Crippen molar-refractivity contribution < 1.29 is 9.18 Å². The molecule has 1 amide bonds. The number of amides is 1. The number of anilines is 2. The van der Waals surface area contributed by atoms with E-state index in [9.17, 15) is 9.18 Å². The van der Waals surface area contributed by atoms with Gasteiger partial charge < -0.3 is 10.0 Å². The van der Waals surface area contributed by atoms with Crippen molar-refractivity contribution in [1.29, 1.82) is 0 Å². The van der Waals surface area contributed by atoms with Crippen molar-refractivity contribution in [3.63, 3.8) is 0 Å². The fraction of sp³-hybridized carbons (Fsp3) is 0.150. The number of nitrogens with zero attached hydrogens (tertiary/aromatic N) is 2. The molecule has 3 rings (SSSR count). The lowest BCUT2D eigenvalue weighted by atomic mass is 10.0. The van der Waals surface area contributed by atoms with Crippen molar-refractivity contribution >= 4 is 41.0 Å². The Bertz CT molecular complexity index is 1040. The van der Waals surface area contributed by atoms with Crippen LogP contribution < -0.4 is 10.0 Å². The van der Waals surface area contributed by atoms with E-state index in [1.165, 1.54) is 13.0 Å². The SMILES string of the molecule is CC(=O)Nc1cc(-c2cnc(Cl)c(NSc3ccc(C)cc3F)c2C)ccn1. The molecule has 2 aromatic heterocycles. The van der Waals surface area contributed by atoms with Crippen molar-refractivity contribution in [2.45, 2.75) is 25.7 Å². The minimum absolute atomic E-state index is 0.200. The Morgan fingerprint density at radius 2 is 1.96 bits per heavy atom. The Morgan fingerprint density at radius 3 is 2.68 bits per heavy atom. The second-order valence-corrected chi connectivity index (χ2v) is 7.42. The second kappa shape index (κ2) is 8.58. The molecule has 0 aliphatic carbocycles. The van der Waals surface area contributed by atoms with Crippen molar-refractivity contribution in [3.05, 3.63) is 64.8 Å². The van der Waals surface area contributed by atoms with Gasteiger partial charge in [0, 0.05) is 24.9 Å². The third-order valence-electron chi connectivity index (χ3n) is 4.02. The first-order chi connectivity index (χ1) is 13.3. The summed E-state index contributed by atoms with van der Waals surface area (Å²) >= 11 is 7.40. The largest absolute Gasteiger partial charge is 0.323 e. The van der Waals surface area contributed by atoms with Gasteiger partial charge in [0.15, 0.2) is 5.15 Å². The van der Waals surface area contributed by atoms with E-state index in [-0.39, 0.29) is 16.9 Å². The summed E-state index contributed by atoms with van der Waals surface area (Å²) in [5.41, 5.74) is 3.95. The number of carbonyl (C=O) groups excluding carboxylic acids is 1. The van der Waals surface area contributed by atoms with Crippen molar-refractivity contribution in [3.8, 4) is 11.1 Å². The highest BCUT2D eigenvalue weighted by Gasteiger charge is 2.14. The lowest BCUT2D eigenvalue weighted by molar-refractivity contribution is -0.114. The van der Waals surface area contributed by atoms with Gasteiger partial charge in [0.2, 0.25) is 5.91 Å². The Balaban J connectivity index is 1.91. The van der Waals surface area contributed by atoms with Crippen LogP contribution in [0.5, 0.6) is 0 Å². The zero-order chi connectivity index (χ0) is 20.3. The highest BCUT2D eigenvalue weighted by Crippen LogP contribution is 2.35. The average Bonchev–Trinajstić information content (AvgIpc) is 2.63. The quantitative estimate of drug-likeness (QED) is 0.416. The van der Waals surface area contributed by atoms with Gasteiger partial charge in [0.05, 0.1) is 10.6 Å². The van der Waals surface area contributed by atoms with Crippen molar-refractivity contribution in [2.24, 2.45) is 0 Å². The highest BCUT2D eigenvalue weighted by molar-refractivity contribution is 8.00. The molecule has 5 nitrogen and oxygen atoms in total. The summed E-state index contributed by atoms with van der Waals surface area (Å²) in [6.07, 6.45) is 3.27. The number of nitrogens with one attached hydrogen (secondary N) is 2. The number of aryl methyl sites for hydroxylation is 1. The summed E-state index contributed by atoms with van der Waals surface area (Å²) in [5.74, 6) is -0.0519. The standard InChI is InChI=1S/C20H18ClFN4OS/c1-11-4-5-17(16(22)8-11)28-26-19-12(2)15(10-24-20(19)21)14-6-7-23-18(9-14)25-13(3)27/h4-10,26H,1-3H3,(H,23,25,27). The lowest BCUT2D eigenvalue weighted by Gasteiger charge is -2.15. The number of rotatable bonds is 5.